The third-order valence-electron chi connectivity index (χ3n) is 8.77. The second kappa shape index (κ2) is 9.82. The van der Waals surface area contributed by atoms with Crippen molar-refractivity contribution in [2.75, 3.05) is 0 Å². The lowest BCUT2D eigenvalue weighted by Crippen LogP contribution is -1.95. The minimum Gasteiger partial charge on any atom is -0.309 e. The highest BCUT2D eigenvalue weighted by molar-refractivity contribution is 6.17. The smallest absolute Gasteiger partial charge is 0.145 e. The molecule has 3 heterocycles. The first-order chi connectivity index (χ1) is 21.8. The van der Waals surface area contributed by atoms with Crippen molar-refractivity contribution in [2.24, 2.45) is 0 Å². The number of fused-ring (bicyclic) bond motifs is 6. The fourth-order valence-electron chi connectivity index (χ4n) is 6.80. The summed E-state index contributed by atoms with van der Waals surface area (Å²) in [4.78, 5) is 5.12. The van der Waals surface area contributed by atoms with Crippen LogP contribution in [0.2, 0.25) is 0 Å². The quantitative estimate of drug-likeness (QED) is 0.210. The van der Waals surface area contributed by atoms with Gasteiger partial charge in [-0.05, 0) is 65.2 Å². The van der Waals surface area contributed by atoms with Crippen molar-refractivity contribution in [2.45, 2.75) is 0 Å². The summed E-state index contributed by atoms with van der Waals surface area (Å²) in [7, 11) is 0. The number of pyridine rings is 1. The molecule has 9 aromatic rings. The van der Waals surface area contributed by atoms with E-state index in [1.165, 1.54) is 43.9 Å². The molecule has 3 heteroatoms. The third kappa shape index (κ3) is 3.73. The number of hydrogen-bond donors (Lipinski definition) is 0. The zero-order valence-corrected chi connectivity index (χ0v) is 23.9. The minimum absolute atomic E-state index is 0.967. The molecule has 0 bridgehead atoms. The summed E-state index contributed by atoms with van der Waals surface area (Å²) in [5.41, 5.74) is 11.5. The van der Waals surface area contributed by atoms with Gasteiger partial charge in [0, 0.05) is 44.7 Å². The van der Waals surface area contributed by atoms with Gasteiger partial charge < -0.3 is 4.57 Å². The van der Waals surface area contributed by atoms with E-state index < -0.39 is 0 Å². The molecule has 3 nitrogen and oxygen atoms in total. The summed E-state index contributed by atoms with van der Waals surface area (Å²) in [5, 5.41) is 4.83. The van der Waals surface area contributed by atoms with Gasteiger partial charge in [-0.3, -0.25) is 4.57 Å². The maximum Gasteiger partial charge on any atom is 0.145 e. The van der Waals surface area contributed by atoms with E-state index in [9.17, 15) is 0 Å². The monoisotopic (exact) mass is 561 g/mol. The Bertz CT molecular complexity index is 2470. The predicted octanol–water partition coefficient (Wildman–Crippen LogP) is 10.6. The molecule has 0 unspecified atom stereocenters. The van der Waals surface area contributed by atoms with Gasteiger partial charge in [-0.2, -0.15) is 0 Å². The lowest BCUT2D eigenvalue weighted by Gasteiger charge is -2.10. The van der Waals surface area contributed by atoms with Gasteiger partial charge in [0.1, 0.15) is 5.65 Å². The Morgan fingerprint density at radius 2 is 0.977 bits per heavy atom. The van der Waals surface area contributed by atoms with E-state index in [4.69, 9.17) is 4.98 Å². The van der Waals surface area contributed by atoms with E-state index in [1.807, 2.05) is 6.20 Å². The molecule has 0 saturated heterocycles. The van der Waals surface area contributed by atoms with E-state index in [0.29, 0.717) is 0 Å². The standard InChI is InChI=1S/C41H27N3/c1-3-12-28(13-4-1)29-22-24-32(25-23-29)43-38-20-10-8-17-35(38)40-33(18-11-21-39(40)43)30-26-36-34-16-7-9-19-37(34)44(41(36)42-27-30)31-14-5-2-6-15-31/h1-27H. The number of nitrogens with zero attached hydrogens (tertiary/aromatic N) is 3. The van der Waals surface area contributed by atoms with E-state index in [0.717, 1.165) is 33.5 Å². The Hall–Kier alpha value is -5.93. The molecule has 0 N–H and O–H groups in total. The minimum atomic E-state index is 0.967. The van der Waals surface area contributed by atoms with Gasteiger partial charge in [0.05, 0.1) is 16.6 Å². The lowest BCUT2D eigenvalue weighted by atomic mass is 9.99. The molecule has 0 fully saturated rings. The van der Waals surface area contributed by atoms with Crippen LogP contribution in [0.4, 0.5) is 0 Å². The molecule has 0 amide bonds. The zero-order chi connectivity index (χ0) is 29.0. The Balaban J connectivity index is 1.26. The zero-order valence-electron chi connectivity index (χ0n) is 23.9. The summed E-state index contributed by atoms with van der Waals surface area (Å²) in [6, 6.07) is 56.2. The molecule has 0 atom stereocenters. The molecule has 0 aliphatic carbocycles. The molecule has 0 aliphatic heterocycles. The first-order valence-corrected chi connectivity index (χ1v) is 15.0. The maximum absolute atomic E-state index is 5.12. The Kier molecular flexibility index (Phi) is 5.50. The van der Waals surface area contributed by atoms with Crippen LogP contribution < -0.4 is 0 Å². The third-order valence-corrected chi connectivity index (χ3v) is 8.77. The van der Waals surface area contributed by atoms with Crippen molar-refractivity contribution >= 4 is 43.7 Å². The molecule has 9 rings (SSSR count). The molecular weight excluding hydrogens is 534 g/mol. The Labute approximate surface area is 254 Å². The van der Waals surface area contributed by atoms with Crippen LogP contribution >= 0.6 is 0 Å². The lowest BCUT2D eigenvalue weighted by molar-refractivity contribution is 1.14. The topological polar surface area (TPSA) is 22.8 Å². The Morgan fingerprint density at radius 1 is 0.386 bits per heavy atom. The second-order valence-corrected chi connectivity index (χ2v) is 11.2. The van der Waals surface area contributed by atoms with Gasteiger partial charge in [-0.1, -0.05) is 109 Å². The molecule has 0 saturated carbocycles. The van der Waals surface area contributed by atoms with Crippen LogP contribution in [0.3, 0.4) is 0 Å². The highest BCUT2D eigenvalue weighted by Gasteiger charge is 2.18. The summed E-state index contributed by atoms with van der Waals surface area (Å²) in [6.45, 7) is 0. The molecule has 3 aromatic heterocycles. The van der Waals surface area contributed by atoms with Crippen LogP contribution in [0.1, 0.15) is 0 Å². The summed E-state index contributed by atoms with van der Waals surface area (Å²) < 4.78 is 4.65. The summed E-state index contributed by atoms with van der Waals surface area (Å²) >= 11 is 0. The molecule has 44 heavy (non-hydrogen) atoms. The van der Waals surface area contributed by atoms with Crippen molar-refractivity contribution < 1.29 is 0 Å². The van der Waals surface area contributed by atoms with Crippen LogP contribution in [-0.4, -0.2) is 14.1 Å². The van der Waals surface area contributed by atoms with Crippen molar-refractivity contribution in [1.29, 1.82) is 0 Å². The summed E-state index contributed by atoms with van der Waals surface area (Å²) in [5.74, 6) is 0. The van der Waals surface area contributed by atoms with Gasteiger partial charge >= 0.3 is 0 Å². The molecule has 0 aliphatic rings. The van der Waals surface area contributed by atoms with Crippen LogP contribution in [-0.2, 0) is 0 Å². The van der Waals surface area contributed by atoms with Gasteiger partial charge in [0.15, 0.2) is 0 Å². The first kappa shape index (κ1) is 24.6. The van der Waals surface area contributed by atoms with Crippen LogP contribution in [0.5, 0.6) is 0 Å². The second-order valence-electron chi connectivity index (χ2n) is 11.2. The van der Waals surface area contributed by atoms with Gasteiger partial charge in [0.2, 0.25) is 0 Å². The highest BCUT2D eigenvalue weighted by atomic mass is 15.0. The van der Waals surface area contributed by atoms with Crippen molar-refractivity contribution in [3.8, 4) is 33.6 Å². The largest absolute Gasteiger partial charge is 0.309 e. The number of rotatable bonds is 4. The molecule has 206 valence electrons. The van der Waals surface area contributed by atoms with Crippen LogP contribution in [0, 0.1) is 0 Å². The SMILES string of the molecule is c1ccc(-c2ccc(-n3c4ccccc4c4c(-c5cnc6c(c5)c5ccccc5n6-c5ccccc5)cccc43)cc2)cc1. The maximum atomic E-state index is 5.12. The fourth-order valence-corrected chi connectivity index (χ4v) is 6.80. The number of benzene rings is 6. The fraction of sp³-hybridized carbons (Fsp3) is 0. The van der Waals surface area contributed by atoms with Crippen molar-refractivity contribution in [3.05, 3.63) is 164 Å². The Morgan fingerprint density at radius 3 is 1.75 bits per heavy atom. The highest BCUT2D eigenvalue weighted by Crippen LogP contribution is 2.40. The molecular formula is C41H27N3. The van der Waals surface area contributed by atoms with Gasteiger partial charge in [-0.15, -0.1) is 0 Å². The van der Waals surface area contributed by atoms with Gasteiger partial charge in [-0.25, -0.2) is 4.98 Å². The number of aromatic nitrogens is 3. The van der Waals surface area contributed by atoms with Gasteiger partial charge in [0.25, 0.3) is 0 Å². The normalized spacial score (nSPS) is 11.6. The number of hydrogen-bond acceptors (Lipinski definition) is 1. The molecule has 0 radical (unpaired) electrons. The average molecular weight is 562 g/mol. The van der Waals surface area contributed by atoms with Crippen molar-refractivity contribution in [3.63, 3.8) is 0 Å². The predicted molar refractivity (Wildman–Crippen MR) is 184 cm³/mol. The van der Waals surface area contributed by atoms with E-state index in [1.54, 1.807) is 0 Å². The van der Waals surface area contributed by atoms with E-state index >= 15 is 0 Å². The van der Waals surface area contributed by atoms with Crippen LogP contribution in [0.15, 0.2) is 164 Å². The average Bonchev–Trinajstić information content (AvgIpc) is 3.62. The molecule has 6 aromatic carbocycles. The van der Waals surface area contributed by atoms with E-state index in [2.05, 4.69) is 167 Å². The number of para-hydroxylation sites is 3. The summed E-state index contributed by atoms with van der Waals surface area (Å²) in [6.07, 6.45) is 2.04. The van der Waals surface area contributed by atoms with Crippen LogP contribution in [0.25, 0.3) is 77.4 Å². The molecule has 0 spiro atoms. The van der Waals surface area contributed by atoms with Crippen molar-refractivity contribution in [1.82, 2.24) is 14.1 Å². The van der Waals surface area contributed by atoms with E-state index in [-0.39, 0.29) is 0 Å². The first-order valence-electron chi connectivity index (χ1n) is 15.0.